The topological polar surface area (TPSA) is 51.4 Å². The van der Waals surface area contributed by atoms with Gasteiger partial charge in [0.05, 0.1) is 11.3 Å². The van der Waals surface area contributed by atoms with Crippen molar-refractivity contribution in [3.05, 3.63) is 10.6 Å². The van der Waals surface area contributed by atoms with Crippen LogP contribution in [0.25, 0.3) is 0 Å². The average molecular weight is 315 g/mol. The molecule has 0 bridgehead atoms. The Labute approximate surface area is 126 Å². The van der Waals surface area contributed by atoms with Crippen LogP contribution in [0.5, 0.6) is 0 Å². The largest absolute Gasteiger partial charge is 0.375 e. The van der Waals surface area contributed by atoms with E-state index in [1.54, 1.807) is 0 Å². The number of rotatable bonds is 2. The quantitative estimate of drug-likeness (QED) is 0.911. The second-order valence-electron chi connectivity index (χ2n) is 6.81. The number of hydrogen-bond acceptors (Lipinski definition) is 5. The summed E-state index contributed by atoms with van der Waals surface area (Å²) in [5.41, 5.74) is 4.81. The van der Waals surface area contributed by atoms with Gasteiger partial charge in [0.2, 0.25) is 0 Å². The average Bonchev–Trinajstić information content (AvgIpc) is 2.98. The Morgan fingerprint density at radius 2 is 2.19 bits per heavy atom. The number of anilines is 1. The molecule has 1 saturated heterocycles. The van der Waals surface area contributed by atoms with Gasteiger partial charge in [-0.05, 0) is 26.2 Å². The summed E-state index contributed by atoms with van der Waals surface area (Å²) in [6.07, 6.45) is 1.69. The molecule has 1 aromatic rings. The van der Waals surface area contributed by atoms with Crippen molar-refractivity contribution >= 4 is 16.5 Å². The monoisotopic (exact) mass is 315 g/mol. The lowest BCUT2D eigenvalue weighted by molar-refractivity contribution is -0.113. The molecule has 1 aliphatic carbocycles. The minimum atomic E-state index is -2.69. The second-order valence-corrected chi connectivity index (χ2v) is 7.93. The van der Waals surface area contributed by atoms with E-state index in [-0.39, 0.29) is 6.42 Å². The molecule has 3 heterocycles. The van der Waals surface area contributed by atoms with Crippen LogP contribution in [0.1, 0.15) is 36.8 Å². The molecular formula is C14H19F2N3OS. The molecule has 7 heteroatoms. The second kappa shape index (κ2) is 4.14. The molecular weight excluding hydrogens is 296 g/mol. The van der Waals surface area contributed by atoms with Gasteiger partial charge in [-0.2, -0.15) is 0 Å². The fourth-order valence-corrected chi connectivity index (χ4v) is 4.59. The summed E-state index contributed by atoms with van der Waals surface area (Å²) < 4.78 is 34.0. The highest BCUT2D eigenvalue weighted by molar-refractivity contribution is 7.15. The highest BCUT2D eigenvalue weighted by atomic mass is 32.1. The first-order chi connectivity index (χ1) is 9.81. The normalized spacial score (nSPS) is 33.3. The van der Waals surface area contributed by atoms with Gasteiger partial charge in [0.25, 0.3) is 5.92 Å². The first kappa shape index (κ1) is 13.8. The third-order valence-electron chi connectivity index (χ3n) is 4.79. The first-order valence-electron chi connectivity index (χ1n) is 7.35. The molecule has 0 aromatic carbocycles. The summed E-state index contributed by atoms with van der Waals surface area (Å²) >= 11 is 1.53. The van der Waals surface area contributed by atoms with Crippen molar-refractivity contribution in [2.45, 2.75) is 56.3 Å². The number of aromatic nitrogens is 1. The zero-order valence-electron chi connectivity index (χ0n) is 12.0. The molecule has 3 aliphatic rings. The molecule has 0 amide bonds. The Kier molecular flexibility index (Phi) is 2.73. The van der Waals surface area contributed by atoms with E-state index in [1.807, 2.05) is 6.92 Å². The van der Waals surface area contributed by atoms with Crippen LogP contribution < -0.4 is 5.73 Å². The summed E-state index contributed by atoms with van der Waals surface area (Å²) in [5.74, 6) is -2.69. The molecule has 1 atom stereocenters. The summed E-state index contributed by atoms with van der Waals surface area (Å²) in [7, 11) is 0. The fourth-order valence-electron chi connectivity index (χ4n) is 3.76. The van der Waals surface area contributed by atoms with Gasteiger partial charge in [-0.25, -0.2) is 13.8 Å². The van der Waals surface area contributed by atoms with Gasteiger partial charge in [0.1, 0.15) is 5.60 Å². The number of alkyl halides is 2. The lowest BCUT2D eigenvalue weighted by Gasteiger charge is -2.33. The Morgan fingerprint density at radius 3 is 2.86 bits per heavy atom. The summed E-state index contributed by atoms with van der Waals surface area (Å²) in [6.45, 7) is 3.88. The van der Waals surface area contributed by atoms with Crippen molar-refractivity contribution in [2.24, 2.45) is 0 Å². The zero-order chi connectivity index (χ0) is 14.9. The van der Waals surface area contributed by atoms with E-state index in [9.17, 15) is 8.78 Å². The van der Waals surface area contributed by atoms with Crippen LogP contribution in [0, 0.1) is 0 Å². The number of nitrogen functional groups attached to an aromatic ring is 1. The molecule has 0 radical (unpaired) electrons. The lowest BCUT2D eigenvalue weighted by atomic mass is 9.97. The van der Waals surface area contributed by atoms with E-state index in [1.165, 1.54) is 16.2 Å². The standard InChI is InChI=1S/C14H19F2N3OS/c1-12(7-14(15,16)13(20-12)3-4-13)8-19-5-2-10-9(6-19)18-11(17)21-10/h2-8H2,1H3,(H2,17,18)/t12-/m0/s1. The van der Waals surface area contributed by atoms with Gasteiger partial charge in [-0.3, -0.25) is 4.90 Å². The molecule has 116 valence electrons. The van der Waals surface area contributed by atoms with E-state index in [2.05, 4.69) is 9.88 Å². The number of thiazole rings is 1. The molecule has 4 rings (SSSR count). The van der Waals surface area contributed by atoms with E-state index < -0.39 is 17.1 Å². The Bertz CT molecular complexity index is 579. The number of nitrogens with two attached hydrogens (primary N) is 1. The number of halogens is 2. The van der Waals surface area contributed by atoms with Crippen molar-refractivity contribution < 1.29 is 13.5 Å². The van der Waals surface area contributed by atoms with Crippen molar-refractivity contribution in [3.8, 4) is 0 Å². The van der Waals surface area contributed by atoms with Crippen molar-refractivity contribution in [2.75, 3.05) is 18.8 Å². The minimum absolute atomic E-state index is 0.178. The number of ether oxygens (including phenoxy) is 1. The van der Waals surface area contributed by atoms with E-state index in [0.717, 1.165) is 18.7 Å². The third-order valence-corrected chi connectivity index (χ3v) is 5.78. The van der Waals surface area contributed by atoms with Crippen LogP contribution in [0.15, 0.2) is 0 Å². The van der Waals surface area contributed by atoms with Crippen LogP contribution in [-0.4, -0.2) is 40.1 Å². The van der Waals surface area contributed by atoms with Gasteiger partial charge >= 0.3 is 0 Å². The molecule has 1 spiro atoms. The van der Waals surface area contributed by atoms with Crippen LogP contribution in [0.4, 0.5) is 13.9 Å². The minimum Gasteiger partial charge on any atom is -0.375 e. The van der Waals surface area contributed by atoms with Crippen LogP contribution in [0.3, 0.4) is 0 Å². The molecule has 2 aliphatic heterocycles. The molecule has 1 aromatic heterocycles. The SMILES string of the molecule is C[C@@]1(CN2CCc3sc(N)nc3C2)CC(F)(F)C2(CC2)O1. The predicted molar refractivity (Wildman–Crippen MR) is 76.5 cm³/mol. The Hall–Kier alpha value is -0.790. The third kappa shape index (κ3) is 2.17. The zero-order valence-corrected chi connectivity index (χ0v) is 12.8. The Morgan fingerprint density at radius 1 is 1.43 bits per heavy atom. The summed E-state index contributed by atoms with van der Waals surface area (Å²) in [5, 5.41) is 0.591. The maximum atomic E-state index is 14.1. The highest BCUT2D eigenvalue weighted by Gasteiger charge is 2.72. The molecule has 0 unspecified atom stereocenters. The van der Waals surface area contributed by atoms with Crippen molar-refractivity contribution in [1.29, 1.82) is 0 Å². The maximum absolute atomic E-state index is 14.1. The molecule has 2 N–H and O–H groups in total. The summed E-state index contributed by atoms with van der Waals surface area (Å²) in [4.78, 5) is 7.73. The maximum Gasteiger partial charge on any atom is 0.279 e. The smallest absolute Gasteiger partial charge is 0.279 e. The molecule has 1 saturated carbocycles. The van der Waals surface area contributed by atoms with Gasteiger partial charge < -0.3 is 10.5 Å². The van der Waals surface area contributed by atoms with Gasteiger partial charge in [0.15, 0.2) is 5.13 Å². The van der Waals surface area contributed by atoms with Gasteiger partial charge in [-0.1, -0.05) is 0 Å². The van der Waals surface area contributed by atoms with Crippen LogP contribution in [-0.2, 0) is 17.7 Å². The highest BCUT2D eigenvalue weighted by Crippen LogP contribution is 2.61. The van der Waals surface area contributed by atoms with E-state index >= 15 is 0 Å². The number of fused-ring (bicyclic) bond motifs is 1. The molecule has 21 heavy (non-hydrogen) atoms. The Balaban J connectivity index is 1.48. The fraction of sp³-hybridized carbons (Fsp3) is 0.786. The molecule has 2 fully saturated rings. The van der Waals surface area contributed by atoms with Crippen LogP contribution >= 0.6 is 11.3 Å². The van der Waals surface area contributed by atoms with Crippen molar-refractivity contribution in [3.63, 3.8) is 0 Å². The lowest BCUT2D eigenvalue weighted by Crippen LogP contribution is -2.43. The summed E-state index contributed by atoms with van der Waals surface area (Å²) in [6, 6.07) is 0. The van der Waals surface area contributed by atoms with E-state index in [0.29, 0.717) is 31.1 Å². The first-order valence-corrected chi connectivity index (χ1v) is 8.17. The predicted octanol–water partition coefficient (Wildman–Crippen LogP) is 2.43. The number of hydrogen-bond donors (Lipinski definition) is 1. The van der Waals surface area contributed by atoms with Gasteiger partial charge in [0, 0.05) is 30.9 Å². The number of nitrogens with zero attached hydrogens (tertiary/aromatic N) is 2. The van der Waals surface area contributed by atoms with Crippen molar-refractivity contribution in [1.82, 2.24) is 9.88 Å². The van der Waals surface area contributed by atoms with E-state index in [4.69, 9.17) is 10.5 Å². The van der Waals surface area contributed by atoms with Crippen LogP contribution in [0.2, 0.25) is 0 Å². The van der Waals surface area contributed by atoms with Gasteiger partial charge in [-0.15, -0.1) is 11.3 Å². The molecule has 4 nitrogen and oxygen atoms in total.